The van der Waals surface area contributed by atoms with E-state index >= 15 is 0 Å². The number of esters is 1. The van der Waals surface area contributed by atoms with Gasteiger partial charge >= 0.3 is 5.97 Å². The second kappa shape index (κ2) is 8.56. The fourth-order valence-electron chi connectivity index (χ4n) is 1.70. The van der Waals surface area contributed by atoms with Crippen molar-refractivity contribution in [1.82, 2.24) is 0 Å². The van der Waals surface area contributed by atoms with Crippen LogP contribution in [0.3, 0.4) is 0 Å². The Hall–Kier alpha value is -3.04. The molecule has 0 atom stereocenters. The van der Waals surface area contributed by atoms with Crippen LogP contribution in [0.25, 0.3) is 0 Å². The van der Waals surface area contributed by atoms with Crippen molar-refractivity contribution in [2.75, 3.05) is 18.5 Å². The third-order valence-electron chi connectivity index (χ3n) is 2.85. The molecule has 0 aliphatic rings. The molecule has 0 heterocycles. The molecule has 0 unspecified atom stereocenters. The number of anilines is 1. The number of halogens is 1. The van der Waals surface area contributed by atoms with Gasteiger partial charge in [0.2, 0.25) is 0 Å². The third-order valence-corrected chi connectivity index (χ3v) is 3.18. The van der Waals surface area contributed by atoms with Gasteiger partial charge in [-0.25, -0.2) is 4.79 Å². The van der Waals surface area contributed by atoms with Crippen LogP contribution in [0.5, 0.6) is 5.75 Å². The Morgan fingerprint density at radius 1 is 1.08 bits per heavy atom. The van der Waals surface area contributed by atoms with E-state index in [4.69, 9.17) is 26.3 Å². The van der Waals surface area contributed by atoms with Crippen LogP contribution in [0.15, 0.2) is 48.5 Å². The number of benzene rings is 2. The number of para-hydroxylation sites is 1. The van der Waals surface area contributed by atoms with E-state index in [-0.39, 0.29) is 6.61 Å². The maximum Gasteiger partial charge on any atom is 0.344 e. The fourth-order valence-corrected chi connectivity index (χ4v) is 1.89. The van der Waals surface area contributed by atoms with Crippen LogP contribution in [-0.4, -0.2) is 25.1 Å². The molecule has 1 N–H and O–H groups in total. The second-order valence-electron chi connectivity index (χ2n) is 4.61. The van der Waals surface area contributed by atoms with E-state index in [2.05, 4.69) is 5.32 Å². The van der Waals surface area contributed by atoms with Crippen LogP contribution in [0.2, 0.25) is 5.02 Å². The molecule has 2 aromatic rings. The van der Waals surface area contributed by atoms with E-state index < -0.39 is 18.5 Å². The van der Waals surface area contributed by atoms with Gasteiger partial charge in [0.1, 0.15) is 5.75 Å². The van der Waals surface area contributed by atoms with Gasteiger partial charge in [0.05, 0.1) is 22.3 Å². The lowest BCUT2D eigenvalue weighted by atomic mass is 10.2. The number of carbonyl (C=O) groups is 2. The summed E-state index contributed by atoms with van der Waals surface area (Å²) >= 11 is 5.91. The summed E-state index contributed by atoms with van der Waals surface area (Å²) in [5, 5.41) is 11.6. The number of hydrogen-bond acceptors (Lipinski definition) is 5. The van der Waals surface area contributed by atoms with Gasteiger partial charge in [0.25, 0.3) is 5.91 Å². The highest BCUT2D eigenvalue weighted by molar-refractivity contribution is 6.33. The lowest BCUT2D eigenvalue weighted by Gasteiger charge is -2.08. The zero-order chi connectivity index (χ0) is 17.4. The normalized spacial score (nSPS) is 9.67. The first kappa shape index (κ1) is 17.3. The number of nitriles is 1. The first-order chi connectivity index (χ1) is 11.6. The molecule has 0 fully saturated rings. The van der Waals surface area contributed by atoms with Crippen LogP contribution >= 0.6 is 11.6 Å². The largest absolute Gasteiger partial charge is 0.482 e. The number of nitrogens with one attached hydrogen (secondary N) is 1. The van der Waals surface area contributed by atoms with Gasteiger partial charge in [-0.2, -0.15) is 5.26 Å². The summed E-state index contributed by atoms with van der Waals surface area (Å²) < 4.78 is 10.0. The smallest absolute Gasteiger partial charge is 0.344 e. The molecule has 1 amide bonds. The fraction of sp³-hybridized carbons (Fsp3) is 0.118. The van der Waals surface area contributed by atoms with Crippen molar-refractivity contribution in [2.45, 2.75) is 0 Å². The van der Waals surface area contributed by atoms with Crippen molar-refractivity contribution < 1.29 is 19.1 Å². The SMILES string of the molecule is N#Cc1ccc(OCC(=O)OCC(=O)Nc2ccccc2Cl)cc1. The highest BCUT2D eigenvalue weighted by atomic mass is 35.5. The van der Waals surface area contributed by atoms with Crippen LogP contribution in [0.4, 0.5) is 5.69 Å². The molecule has 6 nitrogen and oxygen atoms in total. The number of amides is 1. The summed E-state index contributed by atoms with van der Waals surface area (Å²) in [6.07, 6.45) is 0. The first-order valence-corrected chi connectivity index (χ1v) is 7.29. The number of nitrogens with zero attached hydrogens (tertiary/aromatic N) is 1. The summed E-state index contributed by atoms with van der Waals surface area (Å²) in [4.78, 5) is 23.3. The molecule has 0 saturated heterocycles. The minimum atomic E-state index is -0.686. The predicted octanol–water partition coefficient (Wildman–Crippen LogP) is 2.77. The Morgan fingerprint density at radius 2 is 1.79 bits per heavy atom. The number of rotatable bonds is 6. The van der Waals surface area contributed by atoms with Crippen molar-refractivity contribution in [3.05, 3.63) is 59.1 Å². The molecule has 122 valence electrons. The van der Waals surface area contributed by atoms with Gasteiger partial charge in [-0.3, -0.25) is 4.79 Å². The Bertz CT molecular complexity index is 769. The van der Waals surface area contributed by atoms with E-state index in [1.807, 2.05) is 6.07 Å². The molecular weight excluding hydrogens is 332 g/mol. The van der Waals surface area contributed by atoms with E-state index in [1.54, 1.807) is 48.5 Å². The summed E-state index contributed by atoms with van der Waals surface area (Å²) in [5.74, 6) is -0.769. The number of hydrogen-bond donors (Lipinski definition) is 1. The third kappa shape index (κ3) is 5.30. The molecule has 0 aliphatic heterocycles. The molecule has 0 spiro atoms. The predicted molar refractivity (Wildman–Crippen MR) is 87.7 cm³/mol. The van der Waals surface area contributed by atoms with Crippen LogP contribution < -0.4 is 10.1 Å². The van der Waals surface area contributed by atoms with Gasteiger partial charge in [-0.15, -0.1) is 0 Å². The highest BCUT2D eigenvalue weighted by Crippen LogP contribution is 2.20. The van der Waals surface area contributed by atoms with Gasteiger partial charge in [0.15, 0.2) is 13.2 Å². The van der Waals surface area contributed by atoms with E-state index in [0.717, 1.165) is 0 Å². The Kier molecular flexibility index (Phi) is 6.17. The molecule has 0 aromatic heterocycles. The number of carbonyl (C=O) groups excluding carboxylic acids is 2. The highest BCUT2D eigenvalue weighted by Gasteiger charge is 2.10. The molecular formula is C17H13ClN2O4. The minimum absolute atomic E-state index is 0.342. The lowest BCUT2D eigenvalue weighted by Crippen LogP contribution is -2.23. The van der Waals surface area contributed by atoms with Gasteiger partial charge in [-0.05, 0) is 36.4 Å². The molecule has 0 bridgehead atoms. The van der Waals surface area contributed by atoms with Gasteiger partial charge in [-0.1, -0.05) is 23.7 Å². The van der Waals surface area contributed by atoms with Crippen molar-refractivity contribution in [2.24, 2.45) is 0 Å². The molecule has 0 saturated carbocycles. The maximum absolute atomic E-state index is 11.7. The molecule has 24 heavy (non-hydrogen) atoms. The minimum Gasteiger partial charge on any atom is -0.482 e. The maximum atomic E-state index is 11.7. The topological polar surface area (TPSA) is 88.4 Å². The van der Waals surface area contributed by atoms with Gasteiger partial charge in [0, 0.05) is 0 Å². The molecule has 7 heteroatoms. The van der Waals surface area contributed by atoms with Crippen molar-refractivity contribution in [1.29, 1.82) is 5.26 Å². The summed E-state index contributed by atoms with van der Waals surface area (Å²) in [6.45, 7) is -0.786. The average molecular weight is 345 g/mol. The van der Waals surface area contributed by atoms with Crippen LogP contribution in [-0.2, 0) is 14.3 Å². The Labute approximate surface area is 143 Å². The first-order valence-electron chi connectivity index (χ1n) is 6.91. The van der Waals surface area contributed by atoms with Crippen molar-refractivity contribution in [3.8, 4) is 11.8 Å². The summed E-state index contributed by atoms with van der Waals surface area (Å²) in [5.41, 5.74) is 0.926. The Balaban J connectivity index is 1.73. The van der Waals surface area contributed by atoms with E-state index in [9.17, 15) is 9.59 Å². The van der Waals surface area contributed by atoms with Gasteiger partial charge < -0.3 is 14.8 Å². The molecule has 2 rings (SSSR count). The van der Waals surface area contributed by atoms with Crippen molar-refractivity contribution in [3.63, 3.8) is 0 Å². The van der Waals surface area contributed by atoms with Crippen molar-refractivity contribution >= 4 is 29.2 Å². The zero-order valence-electron chi connectivity index (χ0n) is 12.5. The second-order valence-corrected chi connectivity index (χ2v) is 5.02. The monoisotopic (exact) mass is 344 g/mol. The zero-order valence-corrected chi connectivity index (χ0v) is 13.2. The summed E-state index contributed by atoms with van der Waals surface area (Å²) in [6, 6.07) is 15.0. The molecule has 0 aliphatic carbocycles. The summed E-state index contributed by atoms with van der Waals surface area (Å²) in [7, 11) is 0. The molecule has 0 radical (unpaired) electrons. The van der Waals surface area contributed by atoms with Crippen LogP contribution in [0.1, 0.15) is 5.56 Å². The standard InChI is InChI=1S/C17H13ClN2O4/c18-14-3-1-2-4-15(14)20-16(21)10-24-17(22)11-23-13-7-5-12(9-19)6-8-13/h1-8H,10-11H2,(H,20,21). The number of ether oxygens (including phenoxy) is 2. The van der Waals surface area contributed by atoms with E-state index in [0.29, 0.717) is 22.0 Å². The Morgan fingerprint density at radius 3 is 2.46 bits per heavy atom. The lowest BCUT2D eigenvalue weighted by molar-refractivity contribution is -0.149. The average Bonchev–Trinajstić information content (AvgIpc) is 2.60. The molecule has 2 aromatic carbocycles. The van der Waals surface area contributed by atoms with Crippen LogP contribution in [0, 0.1) is 11.3 Å². The van der Waals surface area contributed by atoms with E-state index in [1.165, 1.54) is 0 Å². The quantitative estimate of drug-likeness (QED) is 0.814.